The topological polar surface area (TPSA) is 79.8 Å². The van der Waals surface area contributed by atoms with Gasteiger partial charge in [0, 0.05) is 16.9 Å². The molecular formula is C27H24N2O4. The van der Waals surface area contributed by atoms with Crippen LogP contribution >= 0.6 is 0 Å². The summed E-state index contributed by atoms with van der Waals surface area (Å²) in [5.74, 6) is -0.379. The van der Waals surface area contributed by atoms with Crippen LogP contribution in [0.4, 0.5) is 11.4 Å². The van der Waals surface area contributed by atoms with E-state index in [4.69, 9.17) is 9.47 Å². The van der Waals surface area contributed by atoms with E-state index in [1.165, 1.54) is 0 Å². The van der Waals surface area contributed by atoms with Crippen molar-refractivity contribution >= 4 is 17.3 Å². The van der Waals surface area contributed by atoms with E-state index in [2.05, 4.69) is 42.7 Å². The van der Waals surface area contributed by atoms with Crippen LogP contribution in [0, 0.1) is 0 Å². The molecule has 6 heteroatoms. The molecule has 0 fully saturated rings. The van der Waals surface area contributed by atoms with Crippen LogP contribution in [0.5, 0.6) is 11.5 Å². The summed E-state index contributed by atoms with van der Waals surface area (Å²) in [7, 11) is 0. The number of rotatable bonds is 0. The molecule has 166 valence electrons. The molecule has 3 N–H and O–H groups in total. The zero-order chi connectivity index (χ0) is 23.0. The van der Waals surface area contributed by atoms with Gasteiger partial charge in [-0.2, -0.15) is 0 Å². The number of benzene rings is 3. The number of hydrogen-bond donors (Lipinski definition) is 3. The molecule has 0 spiro atoms. The van der Waals surface area contributed by atoms with Crippen molar-refractivity contribution < 1.29 is 19.4 Å². The summed E-state index contributed by atoms with van der Waals surface area (Å²) in [6.07, 6.45) is 0. The lowest BCUT2D eigenvalue weighted by molar-refractivity contribution is -0.0272. The Balaban J connectivity index is 1.57. The number of esters is 1. The Bertz CT molecular complexity index is 1430. The highest BCUT2D eigenvalue weighted by Crippen LogP contribution is 2.64. The van der Waals surface area contributed by atoms with E-state index < -0.39 is 28.2 Å². The van der Waals surface area contributed by atoms with Crippen molar-refractivity contribution in [3.63, 3.8) is 0 Å². The lowest BCUT2D eigenvalue weighted by atomic mass is 9.65. The third-order valence-corrected chi connectivity index (χ3v) is 8.73. The minimum Gasteiger partial charge on any atom is -0.504 e. The average molecular weight is 440 g/mol. The summed E-state index contributed by atoms with van der Waals surface area (Å²) in [6.45, 7) is 8.09. The van der Waals surface area contributed by atoms with Gasteiger partial charge >= 0.3 is 5.97 Å². The molecule has 33 heavy (non-hydrogen) atoms. The van der Waals surface area contributed by atoms with Crippen LogP contribution in [0.15, 0.2) is 54.6 Å². The number of phenolic OH excluding ortho intramolecular Hbond substituents is 1. The summed E-state index contributed by atoms with van der Waals surface area (Å²) in [5, 5.41) is 18.4. The zero-order valence-corrected chi connectivity index (χ0v) is 18.9. The van der Waals surface area contributed by atoms with Gasteiger partial charge < -0.3 is 25.2 Å². The Morgan fingerprint density at radius 2 is 1.24 bits per heavy atom. The summed E-state index contributed by atoms with van der Waals surface area (Å²) in [4.78, 5) is 13.3. The first kappa shape index (κ1) is 18.9. The van der Waals surface area contributed by atoms with Crippen LogP contribution in [0.3, 0.4) is 0 Å². The number of carbonyl (C=O) groups excluding carboxylic acids is 1. The molecule has 1 unspecified atom stereocenters. The Kier molecular flexibility index (Phi) is 3.02. The second-order valence-corrected chi connectivity index (χ2v) is 10.2. The molecule has 0 radical (unpaired) electrons. The minimum atomic E-state index is -0.989. The van der Waals surface area contributed by atoms with Crippen molar-refractivity contribution in [3.05, 3.63) is 82.4 Å². The molecule has 4 aliphatic heterocycles. The summed E-state index contributed by atoms with van der Waals surface area (Å²) < 4.78 is 12.4. The van der Waals surface area contributed by atoms with E-state index >= 15 is 0 Å². The Morgan fingerprint density at radius 1 is 0.727 bits per heavy atom. The molecule has 4 atom stereocenters. The standard InChI is InChI=1S/C27H24N2O4/c1-24-14-9-5-7-11-18(14)29-27(24,4)33-23(31)20-16(24)13-17-22(21(20)30)32-26(3)25(17,2)15-10-6-8-12-19(15)28-26/h5-13,28-30H,1-4H3/t24-,25?,26+,27+/m1/s1. The van der Waals surface area contributed by atoms with Gasteiger partial charge in [-0.25, -0.2) is 4.79 Å². The van der Waals surface area contributed by atoms with Crippen LogP contribution in [0.2, 0.25) is 0 Å². The van der Waals surface area contributed by atoms with Crippen molar-refractivity contribution in [3.8, 4) is 11.5 Å². The molecule has 0 saturated heterocycles. The monoisotopic (exact) mass is 440 g/mol. The molecule has 3 aromatic carbocycles. The molecule has 4 aliphatic rings. The Labute approximate surface area is 191 Å². The first-order chi connectivity index (χ1) is 15.6. The number of anilines is 2. The van der Waals surface area contributed by atoms with Crippen LogP contribution < -0.4 is 15.4 Å². The average Bonchev–Trinajstić information content (AvgIpc) is 3.25. The van der Waals surface area contributed by atoms with Crippen molar-refractivity contribution in [1.82, 2.24) is 0 Å². The number of para-hydroxylation sites is 2. The first-order valence-corrected chi connectivity index (χ1v) is 11.2. The number of fused-ring (bicyclic) bond motifs is 10. The zero-order valence-electron chi connectivity index (χ0n) is 18.9. The molecule has 7 rings (SSSR count). The van der Waals surface area contributed by atoms with Gasteiger partial charge in [0.1, 0.15) is 5.56 Å². The van der Waals surface area contributed by atoms with E-state index in [9.17, 15) is 9.90 Å². The first-order valence-electron chi connectivity index (χ1n) is 11.2. The normalized spacial score (nSPS) is 33.9. The fourth-order valence-electron chi connectivity index (χ4n) is 6.56. The van der Waals surface area contributed by atoms with Gasteiger partial charge in [0.25, 0.3) is 0 Å². The molecule has 0 saturated carbocycles. The molecule has 0 aliphatic carbocycles. The number of aromatic hydroxyl groups is 1. The number of phenols is 1. The molecule has 6 nitrogen and oxygen atoms in total. The molecule has 0 bridgehead atoms. The van der Waals surface area contributed by atoms with E-state index in [1.54, 1.807) is 0 Å². The van der Waals surface area contributed by atoms with Gasteiger partial charge in [0.15, 0.2) is 22.9 Å². The third kappa shape index (κ3) is 1.80. The number of ether oxygens (including phenoxy) is 2. The van der Waals surface area contributed by atoms with Crippen molar-refractivity contribution in [2.45, 2.75) is 50.0 Å². The van der Waals surface area contributed by atoms with Crippen LogP contribution in [-0.4, -0.2) is 22.5 Å². The van der Waals surface area contributed by atoms with Gasteiger partial charge in [-0.3, -0.25) is 0 Å². The largest absolute Gasteiger partial charge is 0.504 e. The quantitative estimate of drug-likeness (QED) is 0.434. The van der Waals surface area contributed by atoms with Crippen LogP contribution in [0.1, 0.15) is 60.3 Å². The van der Waals surface area contributed by atoms with E-state index in [0.29, 0.717) is 5.75 Å². The van der Waals surface area contributed by atoms with Gasteiger partial charge in [-0.1, -0.05) is 36.4 Å². The maximum absolute atomic E-state index is 13.3. The lowest BCUT2D eigenvalue weighted by Gasteiger charge is -2.45. The number of carbonyl (C=O) groups is 1. The van der Waals surface area contributed by atoms with Crippen molar-refractivity contribution in [1.29, 1.82) is 0 Å². The second kappa shape index (κ2) is 5.28. The van der Waals surface area contributed by atoms with Crippen molar-refractivity contribution in [2.24, 2.45) is 0 Å². The number of nitrogens with one attached hydrogen (secondary N) is 2. The Hall–Kier alpha value is -3.67. The van der Waals surface area contributed by atoms with Gasteiger partial charge in [-0.15, -0.1) is 0 Å². The fraction of sp³-hybridized carbons (Fsp3) is 0.296. The number of hydrogen-bond acceptors (Lipinski definition) is 6. The predicted octanol–water partition coefficient (Wildman–Crippen LogP) is 4.85. The van der Waals surface area contributed by atoms with E-state index in [-0.39, 0.29) is 11.3 Å². The van der Waals surface area contributed by atoms with Crippen LogP contribution in [0.25, 0.3) is 0 Å². The Morgan fingerprint density at radius 3 is 1.85 bits per heavy atom. The SMILES string of the molecule is CC12c3ccccc3N[C@@]1(C)Oc1c2cc2c(c1O)C(=O)O[C@]1(C)Nc3ccccc3[C@]21C. The molecule has 4 heterocycles. The lowest BCUT2D eigenvalue weighted by Crippen LogP contribution is -2.56. The highest BCUT2D eigenvalue weighted by Gasteiger charge is 2.65. The minimum absolute atomic E-state index is 0.156. The van der Waals surface area contributed by atoms with Gasteiger partial charge in [0.05, 0.1) is 10.8 Å². The second-order valence-electron chi connectivity index (χ2n) is 10.2. The smallest absolute Gasteiger partial charge is 0.344 e. The predicted molar refractivity (Wildman–Crippen MR) is 124 cm³/mol. The highest BCUT2D eigenvalue weighted by atomic mass is 16.6. The van der Waals surface area contributed by atoms with Crippen molar-refractivity contribution in [2.75, 3.05) is 10.6 Å². The van der Waals surface area contributed by atoms with Gasteiger partial charge in [0.2, 0.25) is 0 Å². The maximum atomic E-state index is 13.3. The molecular weight excluding hydrogens is 416 g/mol. The molecule has 0 aromatic heterocycles. The highest BCUT2D eigenvalue weighted by molar-refractivity contribution is 6.00. The summed E-state index contributed by atoms with van der Waals surface area (Å²) >= 11 is 0. The molecule has 3 aromatic rings. The molecule has 0 amide bonds. The van der Waals surface area contributed by atoms with E-state index in [0.717, 1.165) is 33.6 Å². The fourth-order valence-corrected chi connectivity index (χ4v) is 6.56. The van der Waals surface area contributed by atoms with Crippen LogP contribution in [-0.2, 0) is 15.6 Å². The third-order valence-electron chi connectivity index (χ3n) is 8.73. The maximum Gasteiger partial charge on any atom is 0.344 e. The summed E-state index contributed by atoms with van der Waals surface area (Å²) in [6, 6.07) is 18.2. The van der Waals surface area contributed by atoms with Gasteiger partial charge in [-0.05, 0) is 62.6 Å². The van der Waals surface area contributed by atoms with E-state index in [1.807, 2.05) is 50.2 Å². The summed E-state index contributed by atoms with van der Waals surface area (Å²) in [5.41, 5.74) is 2.77.